The third-order valence-corrected chi connectivity index (χ3v) is 3.86. The van der Waals surface area contributed by atoms with Crippen LogP contribution in [0.25, 0.3) is 0 Å². The molecule has 0 N–H and O–H groups in total. The molecule has 0 saturated heterocycles. The fourth-order valence-electron chi connectivity index (χ4n) is 2.82. The van der Waals surface area contributed by atoms with E-state index < -0.39 is 0 Å². The summed E-state index contributed by atoms with van der Waals surface area (Å²) in [6.07, 6.45) is 5.82. The van der Waals surface area contributed by atoms with Crippen molar-refractivity contribution < 1.29 is 0 Å². The van der Waals surface area contributed by atoms with E-state index in [1.165, 1.54) is 31.2 Å². The van der Waals surface area contributed by atoms with Crippen molar-refractivity contribution in [3.8, 4) is 6.07 Å². The molecule has 0 bridgehead atoms. The number of hydrogen-bond donors (Lipinski definition) is 0. The van der Waals surface area contributed by atoms with Crippen molar-refractivity contribution in [2.75, 3.05) is 7.05 Å². The van der Waals surface area contributed by atoms with Gasteiger partial charge in [0.05, 0.1) is 12.5 Å². The molecule has 0 amide bonds. The molecule has 1 aromatic rings. The van der Waals surface area contributed by atoms with Gasteiger partial charge in [-0.25, -0.2) is 0 Å². The summed E-state index contributed by atoms with van der Waals surface area (Å²) in [6.45, 7) is 0. The van der Waals surface area contributed by atoms with E-state index in [1.54, 1.807) is 0 Å². The molecule has 1 aliphatic rings. The quantitative estimate of drug-likeness (QED) is 0.788. The second-order valence-corrected chi connectivity index (χ2v) is 4.89. The smallest absolute Gasteiger partial charge is 0.0641 e. The molecule has 2 nitrogen and oxygen atoms in total. The third-order valence-electron chi connectivity index (χ3n) is 3.86. The maximum atomic E-state index is 9.01. The first-order valence-corrected chi connectivity index (χ1v) is 6.46. The number of nitrogens with zero attached hydrogens (tertiary/aromatic N) is 2. The van der Waals surface area contributed by atoms with Crippen LogP contribution in [-0.4, -0.2) is 18.0 Å². The van der Waals surface area contributed by atoms with Crippen LogP contribution in [0.15, 0.2) is 30.3 Å². The van der Waals surface area contributed by atoms with Gasteiger partial charge < -0.3 is 0 Å². The van der Waals surface area contributed by atoms with Crippen LogP contribution in [-0.2, 0) is 0 Å². The molecule has 1 aliphatic carbocycles. The molecule has 0 radical (unpaired) electrons. The van der Waals surface area contributed by atoms with Gasteiger partial charge in [0.2, 0.25) is 0 Å². The third kappa shape index (κ3) is 2.87. The zero-order valence-corrected chi connectivity index (χ0v) is 10.5. The lowest BCUT2D eigenvalue weighted by molar-refractivity contribution is 0.177. The van der Waals surface area contributed by atoms with Crippen molar-refractivity contribution in [1.29, 1.82) is 5.26 Å². The largest absolute Gasteiger partial charge is 0.295 e. The van der Waals surface area contributed by atoms with Gasteiger partial charge in [-0.05, 0) is 25.5 Å². The molecule has 1 unspecified atom stereocenters. The fraction of sp³-hybridized carbons (Fsp3) is 0.533. The highest BCUT2D eigenvalue weighted by Crippen LogP contribution is 2.31. The lowest BCUT2D eigenvalue weighted by Crippen LogP contribution is -2.33. The highest BCUT2D eigenvalue weighted by molar-refractivity contribution is 5.20. The molecule has 0 aromatic heterocycles. The average molecular weight is 228 g/mol. The average Bonchev–Trinajstić information content (AvgIpc) is 2.90. The Morgan fingerprint density at radius 1 is 1.29 bits per heavy atom. The number of benzene rings is 1. The van der Waals surface area contributed by atoms with Gasteiger partial charge in [0.1, 0.15) is 0 Å². The van der Waals surface area contributed by atoms with Crippen LogP contribution in [0, 0.1) is 11.3 Å². The summed E-state index contributed by atoms with van der Waals surface area (Å²) in [7, 11) is 2.17. The summed E-state index contributed by atoms with van der Waals surface area (Å²) in [5, 5.41) is 9.01. The molecule has 2 heteroatoms. The Kier molecular flexibility index (Phi) is 4.17. The highest BCUT2D eigenvalue weighted by atomic mass is 15.2. The van der Waals surface area contributed by atoms with Crippen molar-refractivity contribution in [1.82, 2.24) is 4.90 Å². The number of hydrogen-bond acceptors (Lipinski definition) is 2. The molecule has 1 atom stereocenters. The van der Waals surface area contributed by atoms with E-state index in [-0.39, 0.29) is 6.04 Å². The lowest BCUT2D eigenvalue weighted by Gasteiger charge is -2.32. The summed E-state index contributed by atoms with van der Waals surface area (Å²) >= 11 is 0. The minimum Gasteiger partial charge on any atom is -0.295 e. The van der Waals surface area contributed by atoms with Crippen LogP contribution in [0.3, 0.4) is 0 Å². The highest BCUT2D eigenvalue weighted by Gasteiger charge is 2.26. The van der Waals surface area contributed by atoms with Gasteiger partial charge in [0.15, 0.2) is 0 Å². The van der Waals surface area contributed by atoms with E-state index in [9.17, 15) is 0 Å². The molecule has 1 aromatic carbocycles. The van der Waals surface area contributed by atoms with Gasteiger partial charge >= 0.3 is 0 Å². The van der Waals surface area contributed by atoms with E-state index in [1.807, 2.05) is 6.07 Å². The number of nitriles is 1. The Bertz CT molecular complexity index is 374. The normalized spacial score (nSPS) is 18.2. The van der Waals surface area contributed by atoms with Crippen molar-refractivity contribution in [2.45, 2.75) is 44.2 Å². The Morgan fingerprint density at radius 3 is 2.53 bits per heavy atom. The number of rotatable bonds is 4. The Morgan fingerprint density at radius 2 is 1.94 bits per heavy atom. The second-order valence-electron chi connectivity index (χ2n) is 4.89. The molecule has 0 aliphatic heterocycles. The minimum atomic E-state index is 0.254. The molecular weight excluding hydrogens is 208 g/mol. The zero-order valence-electron chi connectivity index (χ0n) is 10.5. The monoisotopic (exact) mass is 228 g/mol. The fourth-order valence-corrected chi connectivity index (χ4v) is 2.82. The summed E-state index contributed by atoms with van der Waals surface area (Å²) < 4.78 is 0. The molecule has 1 fully saturated rings. The van der Waals surface area contributed by atoms with Gasteiger partial charge in [0, 0.05) is 12.1 Å². The lowest BCUT2D eigenvalue weighted by atomic mass is 10.0. The van der Waals surface area contributed by atoms with Crippen molar-refractivity contribution in [3.63, 3.8) is 0 Å². The maximum absolute atomic E-state index is 9.01. The Hall–Kier alpha value is -1.33. The van der Waals surface area contributed by atoms with Crippen molar-refractivity contribution in [2.24, 2.45) is 0 Å². The molecular formula is C15H20N2. The van der Waals surface area contributed by atoms with Crippen LogP contribution in [0.1, 0.15) is 43.7 Å². The standard InChI is InChI=1S/C15H20N2/c1-17(14-9-5-6-10-14)15(11-12-16)13-7-3-2-4-8-13/h2-4,7-8,14-15H,5-6,9-11H2,1H3. The van der Waals surface area contributed by atoms with E-state index >= 15 is 0 Å². The SMILES string of the molecule is CN(C1CCCC1)C(CC#N)c1ccccc1. The maximum Gasteiger partial charge on any atom is 0.0641 e. The first kappa shape index (κ1) is 12.1. The first-order chi connectivity index (χ1) is 8.33. The summed E-state index contributed by atoms with van der Waals surface area (Å²) in [5.74, 6) is 0. The zero-order chi connectivity index (χ0) is 12.1. The van der Waals surface area contributed by atoms with Crippen LogP contribution in [0.5, 0.6) is 0 Å². The van der Waals surface area contributed by atoms with E-state index in [2.05, 4.69) is 42.3 Å². The van der Waals surface area contributed by atoms with Crippen molar-refractivity contribution >= 4 is 0 Å². The summed E-state index contributed by atoms with van der Waals surface area (Å²) in [4.78, 5) is 2.41. The van der Waals surface area contributed by atoms with Gasteiger partial charge in [-0.2, -0.15) is 5.26 Å². The van der Waals surface area contributed by atoms with Gasteiger partial charge in [-0.15, -0.1) is 0 Å². The molecule has 0 heterocycles. The Labute approximate surface area is 104 Å². The van der Waals surface area contributed by atoms with Gasteiger partial charge in [-0.3, -0.25) is 4.90 Å². The topological polar surface area (TPSA) is 27.0 Å². The van der Waals surface area contributed by atoms with E-state index in [0.717, 1.165) is 0 Å². The van der Waals surface area contributed by atoms with Crippen LogP contribution < -0.4 is 0 Å². The molecule has 90 valence electrons. The van der Waals surface area contributed by atoms with E-state index in [0.29, 0.717) is 12.5 Å². The Balaban J connectivity index is 2.14. The second kappa shape index (κ2) is 5.84. The predicted octanol–water partition coefficient (Wildman–Crippen LogP) is 3.52. The van der Waals surface area contributed by atoms with Crippen molar-refractivity contribution in [3.05, 3.63) is 35.9 Å². The van der Waals surface area contributed by atoms with Gasteiger partial charge in [-0.1, -0.05) is 43.2 Å². The summed E-state index contributed by atoms with van der Waals surface area (Å²) in [5.41, 5.74) is 1.27. The molecule has 1 saturated carbocycles. The first-order valence-electron chi connectivity index (χ1n) is 6.46. The molecule has 0 spiro atoms. The van der Waals surface area contributed by atoms with Crippen LogP contribution in [0.2, 0.25) is 0 Å². The predicted molar refractivity (Wildman–Crippen MR) is 69.4 cm³/mol. The van der Waals surface area contributed by atoms with Crippen LogP contribution in [0.4, 0.5) is 0 Å². The molecule has 17 heavy (non-hydrogen) atoms. The van der Waals surface area contributed by atoms with Gasteiger partial charge in [0.25, 0.3) is 0 Å². The molecule has 2 rings (SSSR count). The van der Waals surface area contributed by atoms with E-state index in [4.69, 9.17) is 5.26 Å². The minimum absolute atomic E-state index is 0.254. The summed E-state index contributed by atoms with van der Waals surface area (Å²) in [6, 6.07) is 13.7. The van der Waals surface area contributed by atoms with Crippen LogP contribution >= 0.6 is 0 Å².